The number of carbonyl (C=O) groups excluding carboxylic acids is 1. The largest absolute Gasteiger partial charge is 0.340 e. The van der Waals surface area contributed by atoms with E-state index in [1.54, 1.807) is 13.3 Å². The lowest BCUT2D eigenvalue weighted by atomic mass is 9.97. The Balaban J connectivity index is 1.56. The summed E-state index contributed by atoms with van der Waals surface area (Å²) in [5.41, 5.74) is 2.13. The fourth-order valence-electron chi connectivity index (χ4n) is 3.28. The van der Waals surface area contributed by atoms with Crippen LogP contribution in [-0.4, -0.2) is 44.0 Å². The fourth-order valence-corrected chi connectivity index (χ4v) is 3.28. The molecule has 1 amide bonds. The van der Waals surface area contributed by atoms with Gasteiger partial charge in [0.2, 0.25) is 5.89 Å². The van der Waals surface area contributed by atoms with Crippen molar-refractivity contribution in [2.24, 2.45) is 0 Å². The summed E-state index contributed by atoms with van der Waals surface area (Å²) in [5, 5.41) is 4.02. The van der Waals surface area contributed by atoms with Crippen LogP contribution in [0.3, 0.4) is 0 Å². The van der Waals surface area contributed by atoms with Crippen molar-refractivity contribution in [3.8, 4) is 11.3 Å². The van der Waals surface area contributed by atoms with Crippen molar-refractivity contribution in [3.05, 3.63) is 54.1 Å². The molecule has 0 unspecified atom stereocenters. The van der Waals surface area contributed by atoms with Gasteiger partial charge in [-0.15, -0.1) is 0 Å². The number of rotatable bonds is 3. The zero-order valence-corrected chi connectivity index (χ0v) is 14.0. The predicted molar refractivity (Wildman–Crippen MR) is 90.9 cm³/mol. The number of hydrogen-bond donors (Lipinski definition) is 1. The summed E-state index contributed by atoms with van der Waals surface area (Å²) in [5.74, 6) is 1.31. The minimum atomic E-state index is -0.0405. The average Bonchev–Trinajstić information content (AvgIpc) is 3.31. The molecule has 1 aliphatic heterocycles. The van der Waals surface area contributed by atoms with E-state index in [9.17, 15) is 4.79 Å². The maximum absolute atomic E-state index is 13.0. The maximum Gasteiger partial charge on any atom is 0.272 e. The van der Waals surface area contributed by atoms with Gasteiger partial charge in [0, 0.05) is 31.5 Å². The highest BCUT2D eigenvalue weighted by molar-refractivity contribution is 5.98. The molecule has 1 aliphatic rings. The Bertz CT molecular complexity index is 870. The van der Waals surface area contributed by atoms with E-state index in [0.717, 1.165) is 24.9 Å². The highest BCUT2D eigenvalue weighted by atomic mass is 16.5. The molecule has 7 nitrogen and oxygen atoms in total. The van der Waals surface area contributed by atoms with Crippen LogP contribution < -0.4 is 0 Å². The third-order valence-corrected chi connectivity index (χ3v) is 4.52. The van der Waals surface area contributed by atoms with Gasteiger partial charge in [0.15, 0.2) is 5.82 Å². The van der Waals surface area contributed by atoms with Crippen molar-refractivity contribution < 1.29 is 9.32 Å². The number of amides is 1. The molecule has 25 heavy (non-hydrogen) atoms. The van der Waals surface area contributed by atoms with Crippen LogP contribution in [0.1, 0.15) is 41.0 Å². The number of H-pyrrole nitrogens is 1. The first-order chi connectivity index (χ1) is 12.2. The Hall–Kier alpha value is -2.96. The van der Waals surface area contributed by atoms with Crippen LogP contribution in [0.25, 0.3) is 11.3 Å². The smallest absolute Gasteiger partial charge is 0.272 e. The van der Waals surface area contributed by atoms with E-state index in [4.69, 9.17) is 4.52 Å². The molecule has 128 valence electrons. The van der Waals surface area contributed by atoms with Gasteiger partial charge in [-0.05, 0) is 12.8 Å². The van der Waals surface area contributed by atoms with Crippen LogP contribution >= 0.6 is 0 Å². The van der Waals surface area contributed by atoms with Crippen LogP contribution in [0.4, 0.5) is 0 Å². The second kappa shape index (κ2) is 6.51. The standard InChI is InChI=1S/C18H19N5O2/c1-12-21-17(22-25-12)14-8-5-9-23(10-14)18(24)16-15(19-11-20-16)13-6-3-2-4-7-13/h2-4,6-7,11,14H,5,8-10H2,1H3,(H,19,20)/t14-/m1/s1. The number of aromatic amines is 1. The summed E-state index contributed by atoms with van der Waals surface area (Å²) in [4.78, 5) is 26.5. The van der Waals surface area contributed by atoms with Gasteiger partial charge in [0.05, 0.1) is 6.33 Å². The zero-order valence-electron chi connectivity index (χ0n) is 14.0. The van der Waals surface area contributed by atoms with Gasteiger partial charge in [0.25, 0.3) is 5.91 Å². The summed E-state index contributed by atoms with van der Waals surface area (Å²) < 4.78 is 5.08. The van der Waals surface area contributed by atoms with Gasteiger partial charge >= 0.3 is 0 Å². The molecule has 0 radical (unpaired) electrons. The highest BCUT2D eigenvalue weighted by Gasteiger charge is 2.30. The molecular weight excluding hydrogens is 318 g/mol. The van der Waals surface area contributed by atoms with Crippen LogP contribution in [0.15, 0.2) is 41.2 Å². The lowest BCUT2D eigenvalue weighted by molar-refractivity contribution is 0.0699. The molecule has 2 aromatic heterocycles. The first-order valence-corrected chi connectivity index (χ1v) is 8.40. The molecule has 0 bridgehead atoms. The van der Waals surface area contributed by atoms with Crippen LogP contribution in [0.5, 0.6) is 0 Å². The minimum Gasteiger partial charge on any atom is -0.340 e. The highest BCUT2D eigenvalue weighted by Crippen LogP contribution is 2.27. The Labute approximate surface area is 145 Å². The number of likely N-dealkylation sites (tertiary alicyclic amines) is 1. The van der Waals surface area contributed by atoms with Crippen molar-refractivity contribution in [2.75, 3.05) is 13.1 Å². The number of nitrogens with one attached hydrogen (secondary N) is 1. The maximum atomic E-state index is 13.0. The van der Waals surface area contributed by atoms with E-state index in [-0.39, 0.29) is 11.8 Å². The summed E-state index contributed by atoms with van der Waals surface area (Å²) in [6.45, 7) is 3.09. The molecule has 0 saturated carbocycles. The van der Waals surface area contributed by atoms with Gasteiger partial charge in [-0.3, -0.25) is 4.79 Å². The first kappa shape index (κ1) is 15.6. The van der Waals surface area contributed by atoms with Crippen molar-refractivity contribution in [1.82, 2.24) is 25.0 Å². The van der Waals surface area contributed by atoms with E-state index < -0.39 is 0 Å². The van der Waals surface area contributed by atoms with Gasteiger partial charge in [-0.25, -0.2) is 4.98 Å². The molecule has 1 fully saturated rings. The van der Waals surface area contributed by atoms with E-state index in [0.29, 0.717) is 29.6 Å². The Morgan fingerprint density at radius 3 is 2.92 bits per heavy atom. The van der Waals surface area contributed by atoms with Gasteiger partial charge in [0.1, 0.15) is 11.4 Å². The lowest BCUT2D eigenvalue weighted by Crippen LogP contribution is -2.39. The van der Waals surface area contributed by atoms with E-state index in [1.165, 1.54) is 0 Å². The van der Waals surface area contributed by atoms with Crippen LogP contribution in [0, 0.1) is 6.92 Å². The minimum absolute atomic E-state index is 0.0405. The third kappa shape index (κ3) is 3.05. The number of imidazole rings is 1. The molecule has 3 aromatic rings. The number of benzene rings is 1. The topological polar surface area (TPSA) is 87.9 Å². The van der Waals surface area contributed by atoms with Crippen molar-refractivity contribution >= 4 is 5.91 Å². The molecule has 0 aliphatic carbocycles. The quantitative estimate of drug-likeness (QED) is 0.794. The van der Waals surface area contributed by atoms with Crippen molar-refractivity contribution in [3.63, 3.8) is 0 Å². The second-order valence-electron chi connectivity index (χ2n) is 6.25. The van der Waals surface area contributed by atoms with E-state index >= 15 is 0 Å². The summed E-state index contributed by atoms with van der Waals surface area (Å²) in [7, 11) is 0. The van der Waals surface area contributed by atoms with Gasteiger partial charge < -0.3 is 14.4 Å². The molecule has 4 rings (SSSR count). The SMILES string of the molecule is Cc1nc([C@@H]2CCCN(C(=O)c3[nH]cnc3-c3ccccc3)C2)no1. The zero-order chi connectivity index (χ0) is 17.2. The molecule has 1 N–H and O–H groups in total. The number of piperidine rings is 1. The van der Waals surface area contributed by atoms with Crippen molar-refractivity contribution in [1.29, 1.82) is 0 Å². The fraction of sp³-hybridized carbons (Fsp3) is 0.333. The molecule has 1 atom stereocenters. The summed E-state index contributed by atoms with van der Waals surface area (Å²) in [6, 6.07) is 9.73. The monoisotopic (exact) mass is 337 g/mol. The third-order valence-electron chi connectivity index (χ3n) is 4.52. The second-order valence-corrected chi connectivity index (χ2v) is 6.25. The summed E-state index contributed by atoms with van der Waals surface area (Å²) >= 11 is 0. The number of aryl methyl sites for hydroxylation is 1. The predicted octanol–water partition coefficient (Wildman–Crippen LogP) is 2.79. The Kier molecular flexibility index (Phi) is 4.05. The summed E-state index contributed by atoms with van der Waals surface area (Å²) in [6.07, 6.45) is 3.44. The van der Waals surface area contributed by atoms with Crippen LogP contribution in [0.2, 0.25) is 0 Å². The molecule has 3 heterocycles. The molecule has 1 saturated heterocycles. The van der Waals surface area contributed by atoms with Gasteiger partial charge in [-0.1, -0.05) is 35.5 Å². The normalized spacial score (nSPS) is 17.6. The number of aromatic nitrogens is 4. The van der Waals surface area contributed by atoms with E-state index in [1.807, 2.05) is 35.2 Å². The Morgan fingerprint density at radius 2 is 2.16 bits per heavy atom. The van der Waals surface area contributed by atoms with E-state index in [2.05, 4.69) is 20.1 Å². The molecule has 1 aromatic carbocycles. The van der Waals surface area contributed by atoms with Crippen LogP contribution in [-0.2, 0) is 0 Å². The number of nitrogens with zero attached hydrogens (tertiary/aromatic N) is 4. The van der Waals surface area contributed by atoms with Crippen molar-refractivity contribution in [2.45, 2.75) is 25.7 Å². The number of hydrogen-bond acceptors (Lipinski definition) is 5. The number of carbonyl (C=O) groups is 1. The molecular formula is C18H19N5O2. The van der Waals surface area contributed by atoms with Gasteiger partial charge in [-0.2, -0.15) is 4.98 Å². The Morgan fingerprint density at radius 1 is 1.32 bits per heavy atom. The molecule has 7 heteroatoms. The average molecular weight is 337 g/mol. The molecule has 0 spiro atoms. The first-order valence-electron chi connectivity index (χ1n) is 8.40. The lowest BCUT2D eigenvalue weighted by Gasteiger charge is -2.31.